The van der Waals surface area contributed by atoms with Crippen LogP contribution in [0.25, 0.3) is 122 Å². The van der Waals surface area contributed by atoms with Crippen molar-refractivity contribution >= 4 is 76.5 Å². The van der Waals surface area contributed by atoms with Crippen LogP contribution in [0.3, 0.4) is 0 Å². The first-order chi connectivity index (χ1) is 32.8. The second-order valence-electron chi connectivity index (χ2n) is 17.1. The summed E-state index contributed by atoms with van der Waals surface area (Å²) in [6, 6.07) is 85.6. The van der Waals surface area contributed by atoms with E-state index in [0.717, 1.165) is 78.4 Å². The van der Waals surface area contributed by atoms with Gasteiger partial charge in [-0.25, -0.2) is 4.98 Å². The molecule has 0 saturated heterocycles. The highest BCUT2D eigenvalue weighted by molar-refractivity contribution is 6.13. The monoisotopic (exact) mass is 841 g/mol. The number of fused-ring (bicyclic) bond motifs is 10. The van der Waals surface area contributed by atoms with Crippen molar-refractivity contribution in [2.24, 2.45) is 0 Å². The molecule has 10 aromatic carbocycles. The topological polar surface area (TPSA) is 32.6 Å². The second kappa shape index (κ2) is 14.3. The van der Waals surface area contributed by atoms with E-state index in [0.29, 0.717) is 0 Å². The zero-order chi connectivity index (χ0) is 43.3. The Labute approximate surface area is 379 Å². The van der Waals surface area contributed by atoms with Crippen LogP contribution in [0.15, 0.2) is 237 Å². The van der Waals surface area contributed by atoms with E-state index in [2.05, 4.69) is 255 Å². The van der Waals surface area contributed by atoms with Gasteiger partial charge in [-0.15, -0.1) is 0 Å². The molecule has 5 heteroatoms. The van der Waals surface area contributed by atoms with Gasteiger partial charge >= 0.3 is 0 Å². The number of rotatable bonds is 6. The van der Waals surface area contributed by atoms with Gasteiger partial charge in [-0.1, -0.05) is 158 Å². The lowest BCUT2D eigenvalue weighted by atomic mass is 10.0. The van der Waals surface area contributed by atoms with Crippen LogP contribution >= 0.6 is 0 Å². The van der Waals surface area contributed by atoms with Crippen LogP contribution in [-0.2, 0) is 0 Å². The third-order valence-electron chi connectivity index (χ3n) is 13.6. The van der Waals surface area contributed by atoms with Gasteiger partial charge in [0.15, 0.2) is 0 Å². The van der Waals surface area contributed by atoms with Gasteiger partial charge in [0.1, 0.15) is 5.82 Å². The molecule has 0 bridgehead atoms. The minimum atomic E-state index is 0.874. The first kappa shape index (κ1) is 36.5. The van der Waals surface area contributed by atoms with Crippen molar-refractivity contribution in [3.05, 3.63) is 237 Å². The van der Waals surface area contributed by atoms with E-state index in [4.69, 9.17) is 4.98 Å². The Hall–Kier alpha value is -8.93. The second-order valence-corrected chi connectivity index (χ2v) is 17.1. The molecule has 0 aliphatic rings. The SMILES string of the molecule is c1ccc(-c2nc3cc(-c4ccc5c(c4)c4ccccc4n5-c4ccccc4)ccc3n2-c2c(-n3c4ccccc4c4ccccc43)cccc2-n2c3ccccc3c3ccccc32)cc1. The van der Waals surface area contributed by atoms with Gasteiger partial charge in [0, 0.05) is 43.6 Å². The Morgan fingerprint density at radius 3 is 1.20 bits per heavy atom. The van der Waals surface area contributed by atoms with Gasteiger partial charge in [-0.05, 0) is 90.0 Å². The maximum Gasteiger partial charge on any atom is 0.145 e. The van der Waals surface area contributed by atoms with Gasteiger partial charge < -0.3 is 13.7 Å². The Morgan fingerprint density at radius 1 is 0.258 bits per heavy atom. The molecule has 5 nitrogen and oxygen atoms in total. The predicted octanol–water partition coefficient (Wildman–Crippen LogP) is 15.7. The quantitative estimate of drug-likeness (QED) is 0.164. The summed E-state index contributed by atoms with van der Waals surface area (Å²) in [5.41, 5.74) is 16.5. The fourth-order valence-electron chi connectivity index (χ4n) is 10.7. The minimum absolute atomic E-state index is 0.874. The van der Waals surface area contributed by atoms with Gasteiger partial charge in [0.25, 0.3) is 0 Å². The molecule has 0 amide bonds. The number of aromatic nitrogens is 5. The normalized spacial score (nSPS) is 11.9. The van der Waals surface area contributed by atoms with E-state index in [1.54, 1.807) is 0 Å². The molecule has 0 radical (unpaired) electrons. The zero-order valence-corrected chi connectivity index (χ0v) is 35.8. The summed E-state index contributed by atoms with van der Waals surface area (Å²) in [5, 5.41) is 7.32. The van der Waals surface area contributed by atoms with Crippen molar-refractivity contribution in [3.8, 4) is 45.3 Å². The lowest BCUT2D eigenvalue weighted by Crippen LogP contribution is -2.10. The lowest BCUT2D eigenvalue weighted by molar-refractivity contribution is 1.02. The van der Waals surface area contributed by atoms with Gasteiger partial charge in [-0.3, -0.25) is 4.57 Å². The molecular weight excluding hydrogens is 803 g/mol. The number of para-hydroxylation sites is 7. The molecule has 308 valence electrons. The molecule has 14 rings (SSSR count). The van der Waals surface area contributed by atoms with Crippen LogP contribution in [0.4, 0.5) is 0 Å². The molecule has 14 aromatic rings. The molecular formula is C61H39N5. The van der Waals surface area contributed by atoms with Crippen molar-refractivity contribution in [1.82, 2.24) is 23.3 Å². The Morgan fingerprint density at radius 2 is 0.667 bits per heavy atom. The fraction of sp³-hybridized carbons (Fsp3) is 0. The molecule has 0 N–H and O–H groups in total. The van der Waals surface area contributed by atoms with E-state index in [9.17, 15) is 0 Å². The highest BCUT2D eigenvalue weighted by Crippen LogP contribution is 2.43. The highest BCUT2D eigenvalue weighted by atomic mass is 15.2. The van der Waals surface area contributed by atoms with Crippen LogP contribution in [0.2, 0.25) is 0 Å². The number of nitrogens with zero attached hydrogens (tertiary/aromatic N) is 5. The standard InChI is InChI=1S/C61H39N5/c1-3-18-40(19-4-1)61-62-50-39-42(41-34-36-56-49(38-41)48-26-11-12-27-51(48)63(56)43-20-5-2-6-21-43)35-37-57(50)66(61)60-58(64-52-28-13-7-22-44(52)45-23-8-14-29-53(45)64)32-17-33-59(60)65-54-30-15-9-24-46(54)47-25-10-16-31-55(47)65/h1-39H. The van der Waals surface area contributed by atoms with Crippen LogP contribution in [0, 0.1) is 0 Å². The minimum Gasteiger partial charge on any atom is -0.309 e. The molecule has 0 atom stereocenters. The van der Waals surface area contributed by atoms with E-state index in [-0.39, 0.29) is 0 Å². The third-order valence-corrected chi connectivity index (χ3v) is 13.6. The molecule has 4 heterocycles. The molecule has 66 heavy (non-hydrogen) atoms. The summed E-state index contributed by atoms with van der Waals surface area (Å²) in [7, 11) is 0. The number of hydrogen-bond donors (Lipinski definition) is 0. The average molecular weight is 842 g/mol. The van der Waals surface area contributed by atoms with Crippen molar-refractivity contribution < 1.29 is 0 Å². The van der Waals surface area contributed by atoms with E-state index < -0.39 is 0 Å². The predicted molar refractivity (Wildman–Crippen MR) is 275 cm³/mol. The number of benzene rings is 10. The molecule has 0 unspecified atom stereocenters. The summed E-state index contributed by atoms with van der Waals surface area (Å²) in [5.74, 6) is 0.874. The first-order valence-electron chi connectivity index (χ1n) is 22.6. The smallest absolute Gasteiger partial charge is 0.145 e. The Bertz CT molecular complexity index is 3980. The molecule has 0 aliphatic carbocycles. The number of hydrogen-bond acceptors (Lipinski definition) is 1. The van der Waals surface area contributed by atoms with Crippen molar-refractivity contribution in [3.63, 3.8) is 0 Å². The van der Waals surface area contributed by atoms with Crippen molar-refractivity contribution in [2.75, 3.05) is 0 Å². The first-order valence-corrected chi connectivity index (χ1v) is 22.6. The van der Waals surface area contributed by atoms with Crippen LogP contribution < -0.4 is 0 Å². The summed E-state index contributed by atoms with van der Waals surface area (Å²) in [4.78, 5) is 5.64. The average Bonchev–Trinajstić information content (AvgIpc) is 4.13. The Kier molecular flexibility index (Phi) is 7.91. The van der Waals surface area contributed by atoms with Crippen molar-refractivity contribution in [1.29, 1.82) is 0 Å². The third kappa shape index (κ3) is 5.31. The van der Waals surface area contributed by atoms with E-state index in [1.165, 1.54) is 43.4 Å². The molecule has 0 fully saturated rings. The maximum atomic E-state index is 5.64. The van der Waals surface area contributed by atoms with Crippen LogP contribution in [-0.4, -0.2) is 23.3 Å². The van der Waals surface area contributed by atoms with Crippen molar-refractivity contribution in [2.45, 2.75) is 0 Å². The largest absolute Gasteiger partial charge is 0.309 e. The van der Waals surface area contributed by atoms with Crippen LogP contribution in [0.5, 0.6) is 0 Å². The van der Waals surface area contributed by atoms with Crippen LogP contribution in [0.1, 0.15) is 0 Å². The summed E-state index contributed by atoms with van der Waals surface area (Å²) in [6.07, 6.45) is 0. The Balaban J connectivity index is 1.07. The highest BCUT2D eigenvalue weighted by Gasteiger charge is 2.26. The van der Waals surface area contributed by atoms with Gasteiger partial charge in [0.2, 0.25) is 0 Å². The van der Waals surface area contributed by atoms with E-state index >= 15 is 0 Å². The maximum absolute atomic E-state index is 5.64. The molecule has 0 aliphatic heterocycles. The number of imidazole rings is 1. The van der Waals surface area contributed by atoms with Gasteiger partial charge in [0.05, 0.1) is 61.2 Å². The molecule has 0 spiro atoms. The summed E-state index contributed by atoms with van der Waals surface area (Å²) in [6.45, 7) is 0. The molecule has 4 aromatic heterocycles. The molecule has 0 saturated carbocycles. The lowest BCUT2D eigenvalue weighted by Gasteiger charge is -2.22. The fourth-order valence-corrected chi connectivity index (χ4v) is 10.7. The summed E-state index contributed by atoms with van der Waals surface area (Å²) < 4.78 is 9.69. The summed E-state index contributed by atoms with van der Waals surface area (Å²) >= 11 is 0. The van der Waals surface area contributed by atoms with Gasteiger partial charge in [-0.2, -0.15) is 0 Å². The van der Waals surface area contributed by atoms with E-state index in [1.807, 2.05) is 0 Å². The zero-order valence-electron chi connectivity index (χ0n) is 35.8.